The molecule has 0 unspecified atom stereocenters. The molecule has 1 aliphatic carbocycles. The van der Waals surface area contributed by atoms with Crippen molar-refractivity contribution < 1.29 is 9.32 Å². The van der Waals surface area contributed by atoms with Gasteiger partial charge in [0.05, 0.1) is 11.8 Å². The predicted molar refractivity (Wildman–Crippen MR) is 101 cm³/mol. The Bertz CT molecular complexity index is 895. The number of hydrogen-bond acceptors (Lipinski definition) is 5. The van der Waals surface area contributed by atoms with Crippen molar-refractivity contribution >= 4 is 22.9 Å². The minimum Gasteiger partial charge on any atom is -0.339 e. The van der Waals surface area contributed by atoms with Gasteiger partial charge in [0.1, 0.15) is 0 Å². The molecule has 0 spiro atoms. The molecule has 0 saturated heterocycles. The number of rotatable bonds is 5. The smallest absolute Gasteiger partial charge is 0.235 e. The number of carbonyl (C=O) groups excluding carboxylic acids is 1. The molecule has 6 heteroatoms. The second-order valence-electron chi connectivity index (χ2n) is 6.79. The zero-order valence-electron chi connectivity index (χ0n) is 14.7. The number of thiophene rings is 1. The van der Waals surface area contributed by atoms with Crippen LogP contribution < -0.4 is 5.32 Å². The van der Waals surface area contributed by atoms with E-state index < -0.39 is 5.41 Å². The van der Waals surface area contributed by atoms with Crippen molar-refractivity contribution in [2.45, 2.75) is 44.4 Å². The highest BCUT2D eigenvalue weighted by molar-refractivity contribution is 7.10. The third-order valence-electron chi connectivity index (χ3n) is 5.06. The predicted octanol–water partition coefficient (Wildman–Crippen LogP) is 4.48. The van der Waals surface area contributed by atoms with E-state index in [4.69, 9.17) is 4.52 Å². The molecule has 5 nitrogen and oxygen atoms in total. The van der Waals surface area contributed by atoms with Crippen LogP contribution in [0.3, 0.4) is 0 Å². The molecule has 0 aliphatic heterocycles. The summed E-state index contributed by atoms with van der Waals surface area (Å²) >= 11 is 1.67. The van der Waals surface area contributed by atoms with E-state index in [0.717, 1.165) is 41.8 Å². The second-order valence-corrected chi connectivity index (χ2v) is 7.74. The van der Waals surface area contributed by atoms with E-state index in [1.54, 1.807) is 18.3 Å². The fourth-order valence-corrected chi connectivity index (χ4v) is 4.71. The number of nitrogens with zero attached hydrogens (tertiary/aromatic N) is 2. The number of carbonyl (C=O) groups is 1. The first kappa shape index (κ1) is 17.0. The summed E-state index contributed by atoms with van der Waals surface area (Å²) in [7, 11) is 0. The lowest BCUT2D eigenvalue weighted by molar-refractivity contribution is -0.121. The molecule has 2 aromatic heterocycles. The minimum atomic E-state index is -0.400. The van der Waals surface area contributed by atoms with Gasteiger partial charge in [0.2, 0.25) is 11.8 Å². The average molecular weight is 367 g/mol. The van der Waals surface area contributed by atoms with Crippen LogP contribution >= 0.6 is 11.3 Å². The van der Waals surface area contributed by atoms with Crippen molar-refractivity contribution in [2.24, 2.45) is 0 Å². The number of amides is 1. The third kappa shape index (κ3) is 3.17. The first-order valence-electron chi connectivity index (χ1n) is 8.90. The van der Waals surface area contributed by atoms with E-state index in [2.05, 4.69) is 26.9 Å². The van der Waals surface area contributed by atoms with Gasteiger partial charge >= 0.3 is 0 Å². The molecule has 3 aromatic rings. The monoisotopic (exact) mass is 367 g/mol. The molecule has 1 saturated carbocycles. The van der Waals surface area contributed by atoms with Crippen LogP contribution in [-0.2, 0) is 16.6 Å². The average Bonchev–Trinajstić information content (AvgIpc) is 3.38. The maximum absolute atomic E-state index is 13.3. The highest BCUT2D eigenvalue weighted by Crippen LogP contribution is 2.44. The van der Waals surface area contributed by atoms with Crippen molar-refractivity contribution in [3.63, 3.8) is 0 Å². The van der Waals surface area contributed by atoms with Gasteiger partial charge < -0.3 is 9.84 Å². The summed E-state index contributed by atoms with van der Waals surface area (Å²) in [4.78, 5) is 18.7. The summed E-state index contributed by atoms with van der Waals surface area (Å²) in [6, 6.07) is 11.9. The summed E-state index contributed by atoms with van der Waals surface area (Å²) in [5.74, 6) is 1.26. The van der Waals surface area contributed by atoms with Crippen molar-refractivity contribution in [1.29, 1.82) is 0 Å². The number of benzene rings is 1. The van der Waals surface area contributed by atoms with Gasteiger partial charge in [-0.25, -0.2) is 0 Å². The summed E-state index contributed by atoms with van der Waals surface area (Å²) < 4.78 is 5.23. The van der Waals surface area contributed by atoms with Gasteiger partial charge in [0.15, 0.2) is 5.82 Å². The van der Waals surface area contributed by atoms with Gasteiger partial charge in [-0.15, -0.1) is 11.3 Å². The van der Waals surface area contributed by atoms with Gasteiger partial charge in [-0.1, -0.05) is 42.3 Å². The quantitative estimate of drug-likeness (QED) is 0.722. The van der Waals surface area contributed by atoms with Gasteiger partial charge in [0.25, 0.3) is 0 Å². The zero-order chi connectivity index (χ0) is 18.0. The first-order valence-corrected chi connectivity index (χ1v) is 9.78. The van der Waals surface area contributed by atoms with Crippen LogP contribution in [0.25, 0.3) is 0 Å². The molecule has 4 rings (SSSR count). The van der Waals surface area contributed by atoms with E-state index in [0.29, 0.717) is 18.1 Å². The molecule has 1 amide bonds. The van der Waals surface area contributed by atoms with Crippen LogP contribution in [0.4, 0.5) is 5.69 Å². The maximum Gasteiger partial charge on any atom is 0.235 e. The van der Waals surface area contributed by atoms with Crippen LogP contribution in [0.15, 0.2) is 46.3 Å². The molecule has 1 aromatic carbocycles. The van der Waals surface area contributed by atoms with Crippen molar-refractivity contribution in [3.05, 3.63) is 63.9 Å². The lowest BCUT2D eigenvalue weighted by atomic mass is 9.83. The van der Waals surface area contributed by atoms with Crippen LogP contribution in [0.1, 0.15) is 47.8 Å². The second kappa shape index (κ2) is 7.03. The Kier molecular flexibility index (Phi) is 4.59. The van der Waals surface area contributed by atoms with E-state index in [-0.39, 0.29) is 5.91 Å². The zero-order valence-corrected chi connectivity index (χ0v) is 15.5. The van der Waals surface area contributed by atoms with E-state index in [9.17, 15) is 4.79 Å². The number of aromatic nitrogens is 2. The standard InChI is InChI=1S/C20H21N3O2S/c1-14-21-18(25-23-14)13-15-7-2-3-8-16(15)22-19(24)20(10-4-5-11-20)17-9-6-12-26-17/h2-3,6-9,12H,4-5,10-11,13H2,1H3,(H,22,24). The minimum absolute atomic E-state index is 0.0895. The molecule has 0 atom stereocenters. The van der Waals surface area contributed by atoms with Crippen LogP contribution in [-0.4, -0.2) is 16.0 Å². The summed E-state index contributed by atoms with van der Waals surface area (Å²) in [6.45, 7) is 1.80. The SMILES string of the molecule is Cc1noc(Cc2ccccc2NC(=O)C2(c3cccs3)CCCC2)n1. The molecule has 134 valence electrons. The fourth-order valence-electron chi connectivity index (χ4n) is 3.73. The normalized spacial score (nSPS) is 15.9. The largest absolute Gasteiger partial charge is 0.339 e. The molecular weight excluding hydrogens is 346 g/mol. The molecule has 0 bridgehead atoms. The fraction of sp³-hybridized carbons (Fsp3) is 0.350. The molecule has 26 heavy (non-hydrogen) atoms. The van der Waals surface area contributed by atoms with Gasteiger partial charge in [-0.05, 0) is 42.8 Å². The lowest BCUT2D eigenvalue weighted by Gasteiger charge is -2.27. The number of nitrogens with one attached hydrogen (secondary N) is 1. The van der Waals surface area contributed by atoms with E-state index >= 15 is 0 Å². The highest BCUT2D eigenvalue weighted by atomic mass is 32.1. The number of aryl methyl sites for hydroxylation is 1. The van der Waals surface area contributed by atoms with Gasteiger partial charge in [0, 0.05) is 10.6 Å². The Labute approximate surface area is 156 Å². The molecule has 0 radical (unpaired) electrons. The number of para-hydroxylation sites is 1. The van der Waals surface area contributed by atoms with E-state index in [1.807, 2.05) is 30.3 Å². The third-order valence-corrected chi connectivity index (χ3v) is 6.14. The Hall–Kier alpha value is -2.47. The Balaban J connectivity index is 1.60. The van der Waals surface area contributed by atoms with Crippen LogP contribution in [0, 0.1) is 6.92 Å². The maximum atomic E-state index is 13.3. The van der Waals surface area contributed by atoms with Gasteiger partial charge in [-0.2, -0.15) is 4.98 Å². The van der Waals surface area contributed by atoms with Crippen molar-refractivity contribution in [1.82, 2.24) is 10.1 Å². The summed E-state index contributed by atoms with van der Waals surface area (Å²) in [6.07, 6.45) is 4.50. The van der Waals surface area contributed by atoms with Gasteiger partial charge in [-0.3, -0.25) is 4.79 Å². The van der Waals surface area contributed by atoms with Crippen LogP contribution in [0.5, 0.6) is 0 Å². The van der Waals surface area contributed by atoms with Crippen molar-refractivity contribution in [3.8, 4) is 0 Å². The summed E-state index contributed by atoms with van der Waals surface area (Å²) in [5.41, 5.74) is 1.39. The Morgan fingerprint density at radius 2 is 2.04 bits per heavy atom. The number of anilines is 1. The highest BCUT2D eigenvalue weighted by Gasteiger charge is 2.43. The topological polar surface area (TPSA) is 68.0 Å². The molecule has 1 aliphatic rings. The molecule has 1 N–H and O–H groups in total. The van der Waals surface area contributed by atoms with Crippen LogP contribution in [0.2, 0.25) is 0 Å². The van der Waals surface area contributed by atoms with Crippen molar-refractivity contribution in [2.75, 3.05) is 5.32 Å². The van der Waals surface area contributed by atoms with E-state index in [1.165, 1.54) is 0 Å². The molecule has 2 heterocycles. The Morgan fingerprint density at radius 3 is 2.73 bits per heavy atom. The Morgan fingerprint density at radius 1 is 1.23 bits per heavy atom. The number of hydrogen-bond donors (Lipinski definition) is 1. The molecular formula is C20H21N3O2S. The first-order chi connectivity index (χ1) is 12.7. The lowest BCUT2D eigenvalue weighted by Crippen LogP contribution is -2.37. The summed E-state index contributed by atoms with van der Waals surface area (Å²) in [5, 5.41) is 9.08. The molecule has 1 fully saturated rings.